The molecule has 0 aliphatic carbocycles. The Morgan fingerprint density at radius 2 is 2.67 bits per heavy atom. The Hall–Kier alpha value is -0.643. The molecule has 6 heavy (non-hydrogen) atoms. The summed E-state index contributed by atoms with van der Waals surface area (Å²) >= 11 is 0. The van der Waals surface area contributed by atoms with Crippen molar-refractivity contribution in [1.82, 2.24) is 10.2 Å². The quantitative estimate of drug-likeness (QED) is 0.384. The molecule has 0 bridgehead atoms. The van der Waals surface area contributed by atoms with Crippen LogP contribution in [0.3, 0.4) is 0 Å². The fourth-order valence-electron chi connectivity index (χ4n) is 0.173. The first-order valence-corrected chi connectivity index (χ1v) is 1.87. The number of hydrogen-bond acceptors (Lipinski definition) is 3. The summed E-state index contributed by atoms with van der Waals surface area (Å²) in [6, 6.07) is 0. The highest BCUT2D eigenvalue weighted by Gasteiger charge is 1.79. The first-order valence-electron chi connectivity index (χ1n) is 1.37. The molecule has 0 amide bonds. The molecule has 3 radical (unpaired) electrons. The van der Waals surface area contributed by atoms with Crippen LogP contribution in [0.25, 0.3) is 0 Å². The highest BCUT2D eigenvalue weighted by molar-refractivity contribution is 6.27. The molecule has 1 heterocycles. The molecule has 0 spiro atoms. The van der Waals surface area contributed by atoms with Crippen molar-refractivity contribution in [3.8, 4) is 0 Å². The zero-order valence-electron chi connectivity index (χ0n) is 2.88. The van der Waals surface area contributed by atoms with Crippen molar-refractivity contribution >= 4 is 15.8 Å². The molecular weight excluding hydrogens is 96.1 g/mol. The van der Waals surface area contributed by atoms with E-state index >= 15 is 0 Å². The monoisotopic (exact) mass is 97.0 g/mol. The van der Waals surface area contributed by atoms with E-state index in [1.807, 2.05) is 0 Å². The molecule has 1 rings (SSSR count). The maximum atomic E-state index is 4.52. The normalized spacial score (nSPS) is 8.83. The summed E-state index contributed by atoms with van der Waals surface area (Å²) in [5.74, 6) is 0. The molecule has 0 N–H and O–H groups in total. The van der Waals surface area contributed by atoms with Gasteiger partial charge in [-0.2, -0.15) is 0 Å². The van der Waals surface area contributed by atoms with Crippen LogP contribution in [-0.4, -0.2) is 20.4 Å². The lowest BCUT2D eigenvalue weighted by Gasteiger charge is -1.63. The van der Waals surface area contributed by atoms with Crippen molar-refractivity contribution in [3.05, 3.63) is 6.39 Å². The summed E-state index contributed by atoms with van der Waals surface area (Å²) in [4.78, 5) is 0. The van der Waals surface area contributed by atoms with E-state index in [1.54, 1.807) is 0 Å². The van der Waals surface area contributed by atoms with Crippen LogP contribution < -0.4 is 5.51 Å². The van der Waals surface area contributed by atoms with Crippen LogP contribution >= 0.6 is 0 Å². The van der Waals surface area contributed by atoms with Crippen molar-refractivity contribution in [2.24, 2.45) is 0 Å². The molecule has 0 atom stereocenters. The molecular formula is C2HN2OSi. The van der Waals surface area contributed by atoms with Gasteiger partial charge in [0.25, 0.3) is 0 Å². The zero-order valence-corrected chi connectivity index (χ0v) is 3.88. The number of aromatic nitrogens is 2. The Morgan fingerprint density at radius 1 is 1.83 bits per heavy atom. The number of hydrogen-bond donors (Lipinski definition) is 0. The van der Waals surface area contributed by atoms with E-state index in [2.05, 4.69) is 24.9 Å². The minimum absolute atomic E-state index is 0.412. The fraction of sp³-hybridized carbons (Fsp3) is 0. The summed E-state index contributed by atoms with van der Waals surface area (Å²) in [6.07, 6.45) is 1.25. The van der Waals surface area contributed by atoms with Crippen LogP contribution in [0.15, 0.2) is 10.8 Å². The van der Waals surface area contributed by atoms with Crippen LogP contribution in [0.4, 0.5) is 0 Å². The maximum absolute atomic E-state index is 4.52. The van der Waals surface area contributed by atoms with Gasteiger partial charge in [-0.3, -0.25) is 0 Å². The first kappa shape index (κ1) is 3.54. The van der Waals surface area contributed by atoms with E-state index in [0.717, 1.165) is 0 Å². The molecule has 29 valence electrons. The third-order valence-corrected chi connectivity index (χ3v) is 0.578. The van der Waals surface area contributed by atoms with Crippen LogP contribution in [0.2, 0.25) is 0 Å². The highest BCUT2D eigenvalue weighted by Crippen LogP contribution is 1.60. The van der Waals surface area contributed by atoms with Gasteiger partial charge in [-0.25, -0.2) is 0 Å². The average molecular weight is 97.1 g/mol. The van der Waals surface area contributed by atoms with Crippen molar-refractivity contribution in [2.75, 3.05) is 0 Å². The van der Waals surface area contributed by atoms with Gasteiger partial charge in [-0.05, 0) is 0 Å². The molecule has 0 unspecified atom stereocenters. The minimum Gasteiger partial charge on any atom is -0.434 e. The van der Waals surface area contributed by atoms with Gasteiger partial charge in [0.2, 0.25) is 6.39 Å². The second-order valence-corrected chi connectivity index (χ2v) is 1.17. The summed E-state index contributed by atoms with van der Waals surface area (Å²) in [6.45, 7) is 0. The average Bonchev–Trinajstić information content (AvgIpc) is 1.86. The number of rotatable bonds is 0. The van der Waals surface area contributed by atoms with Gasteiger partial charge in [0.05, 0.1) is 0 Å². The van der Waals surface area contributed by atoms with Crippen LogP contribution in [0.1, 0.15) is 0 Å². The summed E-state index contributed by atoms with van der Waals surface area (Å²) in [7, 11) is 2.99. The van der Waals surface area contributed by atoms with Crippen LogP contribution in [-0.2, 0) is 0 Å². The van der Waals surface area contributed by atoms with Crippen LogP contribution in [0, 0.1) is 0 Å². The Bertz CT molecular complexity index is 115. The standard InChI is InChI=1S/C2HN2OSi/c6-2-4-3-1-5-2/h1H. The molecule has 0 saturated carbocycles. The van der Waals surface area contributed by atoms with Crippen molar-refractivity contribution < 1.29 is 4.42 Å². The molecule has 0 aromatic carbocycles. The van der Waals surface area contributed by atoms with Gasteiger partial charge in [0, 0.05) is 0 Å². The molecule has 4 heteroatoms. The van der Waals surface area contributed by atoms with Gasteiger partial charge >= 0.3 is 0 Å². The fourth-order valence-corrected chi connectivity index (χ4v) is 0.284. The topological polar surface area (TPSA) is 38.9 Å². The smallest absolute Gasteiger partial charge is 0.203 e. The Kier molecular flexibility index (Phi) is 0.718. The Labute approximate surface area is 37.8 Å². The molecule has 1 aromatic rings. The summed E-state index contributed by atoms with van der Waals surface area (Å²) in [5.41, 5.74) is 0.412. The van der Waals surface area contributed by atoms with Crippen LogP contribution in [0.5, 0.6) is 0 Å². The molecule has 0 saturated heterocycles. The van der Waals surface area contributed by atoms with Gasteiger partial charge in [-0.15, -0.1) is 10.2 Å². The lowest BCUT2D eigenvalue weighted by Crippen LogP contribution is -2.00. The molecule has 0 aliphatic heterocycles. The SMILES string of the molecule is [Si]c1nnco1. The van der Waals surface area contributed by atoms with E-state index in [4.69, 9.17) is 0 Å². The van der Waals surface area contributed by atoms with E-state index in [1.165, 1.54) is 6.39 Å². The van der Waals surface area contributed by atoms with E-state index in [-0.39, 0.29) is 0 Å². The lowest BCUT2D eigenvalue weighted by atomic mass is 11.5. The minimum atomic E-state index is 0.412. The maximum Gasteiger partial charge on any atom is 0.203 e. The highest BCUT2D eigenvalue weighted by atomic mass is 28.1. The van der Waals surface area contributed by atoms with E-state index < -0.39 is 0 Å². The number of nitrogens with zero attached hydrogens (tertiary/aromatic N) is 2. The van der Waals surface area contributed by atoms with E-state index in [0.29, 0.717) is 5.51 Å². The molecule has 0 aliphatic rings. The van der Waals surface area contributed by atoms with Crippen molar-refractivity contribution in [1.29, 1.82) is 0 Å². The van der Waals surface area contributed by atoms with E-state index in [9.17, 15) is 0 Å². The summed E-state index contributed by atoms with van der Waals surface area (Å²) in [5, 5.41) is 6.77. The van der Waals surface area contributed by atoms with Crippen molar-refractivity contribution in [2.45, 2.75) is 0 Å². The first-order chi connectivity index (χ1) is 2.89. The van der Waals surface area contributed by atoms with Gasteiger partial charge in [0.15, 0.2) is 15.8 Å². The van der Waals surface area contributed by atoms with Gasteiger partial charge < -0.3 is 4.42 Å². The van der Waals surface area contributed by atoms with Crippen molar-refractivity contribution in [3.63, 3.8) is 0 Å². The second kappa shape index (κ2) is 1.21. The summed E-state index contributed by atoms with van der Waals surface area (Å²) < 4.78 is 4.52. The molecule has 1 aromatic heterocycles. The zero-order chi connectivity index (χ0) is 4.41. The third kappa shape index (κ3) is 0.461. The van der Waals surface area contributed by atoms with Gasteiger partial charge in [-0.1, -0.05) is 0 Å². The largest absolute Gasteiger partial charge is 0.434 e. The van der Waals surface area contributed by atoms with Gasteiger partial charge in [0.1, 0.15) is 0 Å². The lowest BCUT2D eigenvalue weighted by molar-refractivity contribution is 0.588. The second-order valence-electron chi connectivity index (χ2n) is 0.744. The molecule has 0 fully saturated rings. The Balaban J connectivity index is 3.05. The predicted octanol–water partition coefficient (Wildman–Crippen LogP) is -1.14. The molecule has 3 nitrogen and oxygen atoms in total. The third-order valence-electron chi connectivity index (χ3n) is 0.360. The predicted molar refractivity (Wildman–Crippen MR) is 19.7 cm³/mol. The Morgan fingerprint density at radius 3 is 2.83 bits per heavy atom.